The molecule has 4 nitrogen and oxygen atoms in total. The van der Waals surface area contributed by atoms with E-state index in [-0.39, 0.29) is 18.6 Å². The Hall–Kier alpha value is -1.62. The van der Waals surface area contributed by atoms with Gasteiger partial charge in [0.1, 0.15) is 5.75 Å². The molecule has 2 aromatic rings. The maximum atomic E-state index is 6.68. The maximum absolute atomic E-state index is 6.68. The van der Waals surface area contributed by atoms with E-state index in [2.05, 4.69) is 30.9 Å². The predicted octanol–water partition coefficient (Wildman–Crippen LogP) is 5.69. The number of halogens is 2. The molecule has 0 spiro atoms. The van der Waals surface area contributed by atoms with Gasteiger partial charge >= 0.3 is 0 Å². The lowest BCUT2D eigenvalue weighted by molar-refractivity contribution is -0.114. The molecule has 0 unspecified atom stereocenters. The Balaban J connectivity index is 1.67. The average molecular weight is 420 g/mol. The number of fused-ring (bicyclic) bond motifs is 2. The molecule has 148 valence electrons. The molecule has 28 heavy (non-hydrogen) atoms. The zero-order chi connectivity index (χ0) is 19.5. The standard InChI is InChI=1S/C22H23Cl2NO3/c1-13-21(14-5-6-16(23)17(24)9-14)15-10-19-20(27-12-26-19)11-18(15)28-22(13,2)25-7-3-4-8-25/h5-6,9-11,13,21H,3-4,7-8,12H2,1-2H3/t13-,21+,22+/m0/s1. The van der Waals surface area contributed by atoms with E-state index in [4.69, 9.17) is 37.4 Å². The van der Waals surface area contributed by atoms with Crippen molar-refractivity contribution in [2.24, 2.45) is 5.92 Å². The maximum Gasteiger partial charge on any atom is 0.231 e. The molecule has 0 bridgehead atoms. The average Bonchev–Trinajstić information content (AvgIpc) is 3.35. The van der Waals surface area contributed by atoms with Crippen LogP contribution in [0.25, 0.3) is 0 Å². The molecule has 0 aliphatic carbocycles. The first-order valence-electron chi connectivity index (χ1n) is 9.80. The number of rotatable bonds is 2. The van der Waals surface area contributed by atoms with Gasteiger partial charge in [-0.25, -0.2) is 0 Å². The summed E-state index contributed by atoms with van der Waals surface area (Å²) in [6.45, 7) is 6.82. The van der Waals surface area contributed by atoms with Crippen molar-refractivity contribution in [1.29, 1.82) is 0 Å². The Morgan fingerprint density at radius 1 is 0.964 bits per heavy atom. The van der Waals surface area contributed by atoms with Gasteiger partial charge < -0.3 is 14.2 Å². The Labute approximate surface area is 175 Å². The van der Waals surface area contributed by atoms with E-state index in [0.29, 0.717) is 10.0 Å². The van der Waals surface area contributed by atoms with Crippen LogP contribution in [0.2, 0.25) is 10.0 Å². The van der Waals surface area contributed by atoms with Crippen molar-refractivity contribution in [2.75, 3.05) is 19.9 Å². The summed E-state index contributed by atoms with van der Waals surface area (Å²) in [5.74, 6) is 2.68. The van der Waals surface area contributed by atoms with Crippen molar-refractivity contribution in [3.8, 4) is 17.2 Å². The van der Waals surface area contributed by atoms with Gasteiger partial charge in [-0.3, -0.25) is 4.90 Å². The van der Waals surface area contributed by atoms with Gasteiger partial charge in [-0.15, -0.1) is 0 Å². The molecule has 3 heterocycles. The van der Waals surface area contributed by atoms with Gasteiger partial charge in [-0.1, -0.05) is 36.2 Å². The molecule has 1 fully saturated rings. The molecular weight excluding hydrogens is 397 g/mol. The van der Waals surface area contributed by atoms with E-state index < -0.39 is 5.72 Å². The largest absolute Gasteiger partial charge is 0.472 e. The first kappa shape index (κ1) is 18.4. The van der Waals surface area contributed by atoms with Crippen molar-refractivity contribution in [3.05, 3.63) is 51.5 Å². The highest BCUT2D eigenvalue weighted by Crippen LogP contribution is 2.53. The lowest BCUT2D eigenvalue weighted by Gasteiger charge is -2.50. The van der Waals surface area contributed by atoms with Crippen LogP contribution in [0, 0.1) is 5.92 Å². The monoisotopic (exact) mass is 419 g/mol. The lowest BCUT2D eigenvalue weighted by atomic mass is 9.74. The van der Waals surface area contributed by atoms with Gasteiger partial charge in [0, 0.05) is 36.6 Å². The first-order valence-corrected chi connectivity index (χ1v) is 10.6. The highest BCUT2D eigenvalue weighted by atomic mass is 35.5. The number of likely N-dealkylation sites (tertiary alicyclic amines) is 1. The van der Waals surface area contributed by atoms with E-state index in [1.54, 1.807) is 0 Å². The minimum atomic E-state index is -0.409. The van der Waals surface area contributed by atoms with E-state index >= 15 is 0 Å². The molecule has 0 saturated carbocycles. The van der Waals surface area contributed by atoms with Crippen LogP contribution in [0.1, 0.15) is 43.7 Å². The molecule has 3 aliphatic rings. The topological polar surface area (TPSA) is 30.9 Å². The van der Waals surface area contributed by atoms with Crippen LogP contribution in [0.3, 0.4) is 0 Å². The zero-order valence-corrected chi connectivity index (χ0v) is 17.5. The molecule has 0 N–H and O–H groups in total. The third-order valence-corrected chi connectivity index (χ3v) is 7.28. The van der Waals surface area contributed by atoms with Crippen molar-refractivity contribution in [1.82, 2.24) is 4.90 Å². The van der Waals surface area contributed by atoms with Gasteiger partial charge in [-0.05, 0) is 43.5 Å². The third-order valence-electron chi connectivity index (χ3n) is 6.54. The fraction of sp³-hybridized carbons (Fsp3) is 0.455. The first-order chi connectivity index (χ1) is 13.5. The Morgan fingerprint density at radius 3 is 2.39 bits per heavy atom. The second kappa shape index (κ2) is 6.72. The number of hydrogen-bond acceptors (Lipinski definition) is 4. The fourth-order valence-electron chi connectivity index (χ4n) is 4.85. The molecule has 0 amide bonds. The van der Waals surface area contributed by atoms with E-state index in [0.717, 1.165) is 41.5 Å². The highest BCUT2D eigenvalue weighted by molar-refractivity contribution is 6.42. The number of hydrogen-bond donors (Lipinski definition) is 0. The van der Waals surface area contributed by atoms with E-state index in [1.165, 1.54) is 12.8 Å². The van der Waals surface area contributed by atoms with Crippen molar-refractivity contribution in [3.63, 3.8) is 0 Å². The second-order valence-corrected chi connectivity index (χ2v) is 8.85. The Kier molecular flexibility index (Phi) is 4.42. The second-order valence-electron chi connectivity index (χ2n) is 8.03. The van der Waals surface area contributed by atoms with Crippen LogP contribution in [-0.2, 0) is 0 Å². The Morgan fingerprint density at radius 2 is 1.68 bits per heavy atom. The summed E-state index contributed by atoms with van der Waals surface area (Å²) >= 11 is 12.6. The third kappa shape index (κ3) is 2.77. The quantitative estimate of drug-likeness (QED) is 0.624. The smallest absolute Gasteiger partial charge is 0.231 e. The summed E-state index contributed by atoms with van der Waals surface area (Å²) in [7, 11) is 0. The van der Waals surface area contributed by atoms with Crippen LogP contribution in [-0.4, -0.2) is 30.5 Å². The normalized spacial score (nSPS) is 28.9. The van der Waals surface area contributed by atoms with Crippen molar-refractivity contribution >= 4 is 23.2 Å². The summed E-state index contributed by atoms with van der Waals surface area (Å²) in [6, 6.07) is 9.96. The minimum Gasteiger partial charge on any atom is -0.472 e. The number of nitrogens with zero attached hydrogens (tertiary/aromatic N) is 1. The van der Waals surface area contributed by atoms with Crippen molar-refractivity contribution < 1.29 is 14.2 Å². The van der Waals surface area contributed by atoms with Gasteiger partial charge in [-0.2, -0.15) is 0 Å². The molecule has 0 aromatic heterocycles. The van der Waals surface area contributed by atoms with Crippen LogP contribution < -0.4 is 14.2 Å². The predicted molar refractivity (Wildman–Crippen MR) is 110 cm³/mol. The molecule has 0 radical (unpaired) electrons. The Bertz CT molecular complexity index is 928. The van der Waals surface area contributed by atoms with Gasteiger partial charge in [0.05, 0.1) is 10.0 Å². The summed E-state index contributed by atoms with van der Waals surface area (Å²) in [6.07, 6.45) is 2.41. The van der Waals surface area contributed by atoms with Gasteiger partial charge in [0.15, 0.2) is 17.2 Å². The van der Waals surface area contributed by atoms with Crippen LogP contribution in [0.15, 0.2) is 30.3 Å². The minimum absolute atomic E-state index is 0.110. The van der Waals surface area contributed by atoms with Gasteiger partial charge in [0.25, 0.3) is 0 Å². The molecule has 3 atom stereocenters. The van der Waals surface area contributed by atoms with Crippen LogP contribution >= 0.6 is 23.2 Å². The van der Waals surface area contributed by atoms with Gasteiger partial charge in [0.2, 0.25) is 6.79 Å². The lowest BCUT2D eigenvalue weighted by Crippen LogP contribution is -2.57. The zero-order valence-electron chi connectivity index (χ0n) is 16.0. The number of ether oxygens (including phenoxy) is 3. The summed E-state index contributed by atoms with van der Waals surface area (Å²) in [5.41, 5.74) is 1.83. The molecule has 2 aromatic carbocycles. The summed E-state index contributed by atoms with van der Waals surface area (Å²) < 4.78 is 17.9. The molecule has 6 heteroatoms. The van der Waals surface area contributed by atoms with Crippen LogP contribution in [0.5, 0.6) is 17.2 Å². The number of benzene rings is 2. The highest BCUT2D eigenvalue weighted by Gasteiger charge is 2.49. The van der Waals surface area contributed by atoms with Crippen LogP contribution in [0.4, 0.5) is 0 Å². The molecule has 1 saturated heterocycles. The molecular formula is C22H23Cl2NO3. The van der Waals surface area contributed by atoms with E-state index in [9.17, 15) is 0 Å². The fourth-order valence-corrected chi connectivity index (χ4v) is 5.16. The molecule has 3 aliphatic heterocycles. The summed E-state index contributed by atoms with van der Waals surface area (Å²) in [4.78, 5) is 2.47. The van der Waals surface area contributed by atoms with E-state index in [1.807, 2.05) is 18.2 Å². The molecule has 5 rings (SSSR count). The van der Waals surface area contributed by atoms with Crippen molar-refractivity contribution in [2.45, 2.75) is 38.3 Å². The SMILES string of the molecule is C[C@H]1[C@H](c2ccc(Cl)c(Cl)c2)c2cc3c(cc2O[C@@]1(C)N1CCCC1)OCO3. The summed E-state index contributed by atoms with van der Waals surface area (Å²) in [5, 5.41) is 1.14.